The monoisotopic (exact) mass is 333 g/mol. The Bertz CT molecular complexity index is 835. The summed E-state index contributed by atoms with van der Waals surface area (Å²) in [5.74, 6) is -0.474. The molecule has 1 N–H and O–H groups in total. The SMILES string of the molecule is COCC1(C(=O)NS(=O)(=O)c2cccc3ccccc23)CCC1. The Morgan fingerprint density at radius 2 is 1.87 bits per heavy atom. The molecule has 23 heavy (non-hydrogen) atoms. The van der Waals surface area contributed by atoms with Crippen molar-refractivity contribution in [2.75, 3.05) is 13.7 Å². The van der Waals surface area contributed by atoms with Gasteiger partial charge in [0, 0.05) is 12.5 Å². The minimum Gasteiger partial charge on any atom is -0.384 e. The van der Waals surface area contributed by atoms with Crippen LogP contribution in [0.2, 0.25) is 0 Å². The predicted octanol–water partition coefficient (Wildman–Crippen LogP) is 2.46. The molecule has 3 rings (SSSR count). The smallest absolute Gasteiger partial charge is 0.264 e. The summed E-state index contributed by atoms with van der Waals surface area (Å²) in [6.07, 6.45) is 2.21. The number of benzene rings is 2. The number of hydrogen-bond acceptors (Lipinski definition) is 4. The van der Waals surface area contributed by atoms with Crippen molar-refractivity contribution in [3.05, 3.63) is 42.5 Å². The summed E-state index contributed by atoms with van der Waals surface area (Å²) in [7, 11) is -2.40. The summed E-state index contributed by atoms with van der Waals surface area (Å²) in [4.78, 5) is 12.6. The summed E-state index contributed by atoms with van der Waals surface area (Å²) in [6.45, 7) is 0.240. The van der Waals surface area contributed by atoms with Crippen molar-refractivity contribution in [1.82, 2.24) is 4.72 Å². The molecule has 0 unspecified atom stereocenters. The number of sulfonamides is 1. The molecule has 122 valence electrons. The first kappa shape index (κ1) is 16.0. The molecule has 1 saturated carbocycles. The quantitative estimate of drug-likeness (QED) is 0.912. The third kappa shape index (κ3) is 2.84. The molecule has 0 bridgehead atoms. The second-order valence-electron chi connectivity index (χ2n) is 5.98. The second-order valence-corrected chi connectivity index (χ2v) is 7.63. The number of fused-ring (bicyclic) bond motifs is 1. The highest BCUT2D eigenvalue weighted by molar-refractivity contribution is 7.90. The first-order valence-corrected chi connectivity index (χ1v) is 9.01. The lowest BCUT2D eigenvalue weighted by Crippen LogP contribution is -2.50. The third-order valence-corrected chi connectivity index (χ3v) is 5.87. The Hall–Kier alpha value is -1.92. The van der Waals surface area contributed by atoms with Gasteiger partial charge >= 0.3 is 0 Å². The maximum atomic E-state index is 12.7. The fourth-order valence-electron chi connectivity index (χ4n) is 3.03. The van der Waals surface area contributed by atoms with Gasteiger partial charge in [-0.1, -0.05) is 42.8 Å². The molecule has 0 radical (unpaired) electrons. The van der Waals surface area contributed by atoms with Crippen LogP contribution in [0.25, 0.3) is 10.8 Å². The molecule has 0 heterocycles. The van der Waals surface area contributed by atoms with Crippen molar-refractivity contribution >= 4 is 26.7 Å². The van der Waals surface area contributed by atoms with Gasteiger partial charge in [-0.2, -0.15) is 0 Å². The average molecular weight is 333 g/mol. The number of methoxy groups -OCH3 is 1. The first-order valence-electron chi connectivity index (χ1n) is 7.52. The van der Waals surface area contributed by atoms with Gasteiger partial charge in [0.2, 0.25) is 5.91 Å². The number of carbonyl (C=O) groups excluding carboxylic acids is 1. The Morgan fingerprint density at radius 1 is 1.17 bits per heavy atom. The highest BCUT2D eigenvalue weighted by Crippen LogP contribution is 2.41. The van der Waals surface area contributed by atoms with E-state index in [0.717, 1.165) is 11.8 Å². The standard InChI is InChI=1S/C17H19NO4S/c1-22-12-17(10-5-11-17)16(19)18-23(20,21)15-9-4-7-13-6-2-3-8-14(13)15/h2-4,6-9H,5,10-12H2,1H3,(H,18,19). The lowest BCUT2D eigenvalue weighted by Gasteiger charge is -2.39. The summed E-state index contributed by atoms with van der Waals surface area (Å²) in [5, 5.41) is 1.42. The number of rotatable bonds is 5. The van der Waals surface area contributed by atoms with Gasteiger partial charge in [0.1, 0.15) is 0 Å². The Labute approximate surface area is 135 Å². The van der Waals surface area contributed by atoms with Crippen molar-refractivity contribution in [3.63, 3.8) is 0 Å². The number of ether oxygens (including phenoxy) is 1. The zero-order valence-corrected chi connectivity index (χ0v) is 13.7. The van der Waals surface area contributed by atoms with Crippen LogP contribution in [0.3, 0.4) is 0 Å². The fraction of sp³-hybridized carbons (Fsp3) is 0.353. The zero-order valence-electron chi connectivity index (χ0n) is 12.9. The largest absolute Gasteiger partial charge is 0.384 e. The minimum atomic E-state index is -3.92. The molecular formula is C17H19NO4S. The molecule has 0 saturated heterocycles. The predicted molar refractivity (Wildman–Crippen MR) is 87.4 cm³/mol. The van der Waals surface area contributed by atoms with Crippen LogP contribution in [0.1, 0.15) is 19.3 Å². The molecule has 0 spiro atoms. The maximum absolute atomic E-state index is 12.7. The van der Waals surface area contributed by atoms with E-state index in [0.29, 0.717) is 18.2 Å². The molecule has 1 aliphatic rings. The van der Waals surface area contributed by atoms with E-state index in [1.807, 2.05) is 18.2 Å². The third-order valence-electron chi connectivity index (χ3n) is 4.48. The van der Waals surface area contributed by atoms with Gasteiger partial charge in [-0.25, -0.2) is 13.1 Å². The van der Waals surface area contributed by atoms with Crippen LogP contribution in [-0.4, -0.2) is 28.0 Å². The van der Waals surface area contributed by atoms with Crippen LogP contribution in [-0.2, 0) is 19.6 Å². The summed E-state index contributed by atoms with van der Waals surface area (Å²) < 4.78 is 32.7. The molecule has 5 nitrogen and oxygen atoms in total. The first-order chi connectivity index (χ1) is 11.0. The number of amides is 1. The molecular weight excluding hydrogens is 314 g/mol. The molecule has 0 aromatic heterocycles. The molecule has 2 aromatic carbocycles. The van der Waals surface area contributed by atoms with Gasteiger partial charge in [-0.3, -0.25) is 4.79 Å². The average Bonchev–Trinajstić information content (AvgIpc) is 2.49. The highest BCUT2D eigenvalue weighted by atomic mass is 32.2. The summed E-state index contributed by atoms with van der Waals surface area (Å²) >= 11 is 0. The van der Waals surface area contributed by atoms with Crippen molar-refractivity contribution < 1.29 is 17.9 Å². The zero-order chi connectivity index (χ0) is 16.5. The Kier molecular flexibility index (Phi) is 4.12. The maximum Gasteiger partial charge on any atom is 0.264 e. The van der Waals surface area contributed by atoms with Crippen LogP contribution in [0.4, 0.5) is 0 Å². The van der Waals surface area contributed by atoms with Crippen LogP contribution in [0.5, 0.6) is 0 Å². The van der Waals surface area contributed by atoms with E-state index in [4.69, 9.17) is 4.74 Å². The highest BCUT2D eigenvalue weighted by Gasteiger charge is 2.45. The van der Waals surface area contributed by atoms with E-state index < -0.39 is 21.3 Å². The van der Waals surface area contributed by atoms with Gasteiger partial charge in [0.15, 0.2) is 0 Å². The van der Waals surface area contributed by atoms with E-state index in [1.54, 1.807) is 18.2 Å². The summed E-state index contributed by atoms with van der Waals surface area (Å²) in [5.41, 5.74) is -0.716. The van der Waals surface area contributed by atoms with E-state index in [2.05, 4.69) is 4.72 Å². The van der Waals surface area contributed by atoms with Crippen LogP contribution in [0.15, 0.2) is 47.4 Å². The van der Waals surface area contributed by atoms with E-state index in [-0.39, 0.29) is 11.5 Å². The van der Waals surface area contributed by atoms with E-state index >= 15 is 0 Å². The molecule has 1 fully saturated rings. The molecule has 0 atom stereocenters. The van der Waals surface area contributed by atoms with Crippen molar-refractivity contribution in [2.24, 2.45) is 5.41 Å². The lowest BCUT2D eigenvalue weighted by molar-refractivity contribution is -0.138. The number of hydrogen-bond donors (Lipinski definition) is 1. The Balaban J connectivity index is 1.94. The summed E-state index contributed by atoms with van der Waals surface area (Å²) in [6, 6.07) is 12.2. The molecule has 1 aliphatic carbocycles. The van der Waals surface area contributed by atoms with E-state index in [1.165, 1.54) is 13.2 Å². The molecule has 0 aliphatic heterocycles. The topological polar surface area (TPSA) is 72.5 Å². The normalized spacial score (nSPS) is 16.7. The van der Waals surface area contributed by atoms with Gasteiger partial charge < -0.3 is 4.74 Å². The lowest BCUT2D eigenvalue weighted by atomic mass is 9.69. The Morgan fingerprint density at radius 3 is 2.52 bits per heavy atom. The number of carbonyl (C=O) groups is 1. The van der Waals surface area contributed by atoms with Crippen molar-refractivity contribution in [1.29, 1.82) is 0 Å². The van der Waals surface area contributed by atoms with Crippen molar-refractivity contribution in [2.45, 2.75) is 24.2 Å². The van der Waals surface area contributed by atoms with Gasteiger partial charge in [0.05, 0.1) is 16.9 Å². The molecule has 2 aromatic rings. The van der Waals surface area contributed by atoms with Gasteiger partial charge in [0.25, 0.3) is 10.0 Å². The van der Waals surface area contributed by atoms with Crippen molar-refractivity contribution in [3.8, 4) is 0 Å². The van der Waals surface area contributed by atoms with Gasteiger partial charge in [-0.05, 0) is 24.3 Å². The van der Waals surface area contributed by atoms with Gasteiger partial charge in [-0.15, -0.1) is 0 Å². The molecule has 1 amide bonds. The van der Waals surface area contributed by atoms with Crippen LogP contribution >= 0.6 is 0 Å². The second kappa shape index (κ2) is 5.94. The van der Waals surface area contributed by atoms with Crippen LogP contribution in [0, 0.1) is 5.41 Å². The molecule has 6 heteroatoms. The van der Waals surface area contributed by atoms with E-state index in [9.17, 15) is 13.2 Å². The fourth-order valence-corrected chi connectivity index (χ4v) is 4.34. The van der Waals surface area contributed by atoms with Crippen LogP contribution < -0.4 is 4.72 Å². The minimum absolute atomic E-state index is 0.121. The number of nitrogens with one attached hydrogen (secondary N) is 1.